The fourth-order valence-electron chi connectivity index (χ4n) is 3.10. The van der Waals surface area contributed by atoms with Crippen LogP contribution in [0.3, 0.4) is 0 Å². The molecule has 0 N–H and O–H groups in total. The lowest BCUT2D eigenvalue weighted by Gasteiger charge is -2.36. The molecule has 0 radical (unpaired) electrons. The molecule has 0 bridgehead atoms. The van der Waals surface area contributed by atoms with E-state index in [1.807, 2.05) is 0 Å². The highest BCUT2D eigenvalue weighted by atomic mass is 19.4. The number of amides is 1. The first-order valence-electron chi connectivity index (χ1n) is 10.0. The van der Waals surface area contributed by atoms with Gasteiger partial charge in [-0.2, -0.15) is 13.2 Å². The summed E-state index contributed by atoms with van der Waals surface area (Å²) in [6.45, 7) is 6.78. The summed E-state index contributed by atoms with van der Waals surface area (Å²) in [7, 11) is 0. The molecule has 0 atom stereocenters. The van der Waals surface area contributed by atoms with Crippen LogP contribution >= 0.6 is 0 Å². The average Bonchev–Trinajstić information content (AvgIpc) is 2.71. The van der Waals surface area contributed by atoms with E-state index in [0.717, 1.165) is 0 Å². The number of carbonyl (C=O) groups excluding carboxylic acids is 1. The Morgan fingerprint density at radius 3 is 2.19 bits per heavy atom. The predicted octanol–water partition coefficient (Wildman–Crippen LogP) is 4.86. The van der Waals surface area contributed by atoms with Gasteiger partial charge in [0.15, 0.2) is 11.5 Å². The molecular weight excluding hydrogens is 428 g/mol. The highest BCUT2D eigenvalue weighted by Gasteiger charge is 2.36. The van der Waals surface area contributed by atoms with Gasteiger partial charge in [-0.05, 0) is 44.5 Å². The van der Waals surface area contributed by atoms with E-state index in [4.69, 9.17) is 4.74 Å². The summed E-state index contributed by atoms with van der Waals surface area (Å²) >= 11 is 0. The fourth-order valence-corrected chi connectivity index (χ4v) is 3.10. The Morgan fingerprint density at radius 1 is 1.00 bits per heavy atom. The number of ether oxygens (including phenoxy) is 1. The lowest BCUT2D eigenvalue weighted by molar-refractivity contribution is -0.141. The van der Waals surface area contributed by atoms with E-state index in [1.54, 1.807) is 30.6 Å². The van der Waals surface area contributed by atoms with Crippen molar-refractivity contribution in [3.8, 4) is 0 Å². The Kier molecular flexibility index (Phi) is 6.71. The van der Waals surface area contributed by atoms with Crippen LogP contribution in [0.4, 0.5) is 28.2 Å². The van der Waals surface area contributed by atoms with Crippen LogP contribution in [0.5, 0.6) is 0 Å². The Hall–Kier alpha value is -3.17. The van der Waals surface area contributed by atoms with Crippen molar-refractivity contribution in [3.63, 3.8) is 0 Å². The van der Waals surface area contributed by atoms with Crippen molar-refractivity contribution in [2.75, 3.05) is 31.1 Å². The summed E-state index contributed by atoms with van der Waals surface area (Å²) in [6, 6.07) is 6.70. The van der Waals surface area contributed by atoms with Crippen molar-refractivity contribution in [1.29, 1.82) is 0 Å². The minimum absolute atomic E-state index is 0.151. The summed E-state index contributed by atoms with van der Waals surface area (Å²) in [6.07, 6.45) is -2.37. The van der Waals surface area contributed by atoms with Crippen LogP contribution in [-0.4, -0.2) is 53.0 Å². The van der Waals surface area contributed by atoms with Crippen LogP contribution in [0.15, 0.2) is 30.3 Å². The van der Waals surface area contributed by atoms with Crippen LogP contribution < -0.4 is 4.90 Å². The molecule has 1 amide bonds. The summed E-state index contributed by atoms with van der Waals surface area (Å²) < 4.78 is 58.7. The molecule has 10 heteroatoms. The summed E-state index contributed by atoms with van der Waals surface area (Å²) in [4.78, 5) is 15.5. The molecule has 1 aromatic carbocycles. The van der Waals surface area contributed by atoms with Crippen LogP contribution in [0.1, 0.15) is 37.6 Å². The first kappa shape index (κ1) is 23.5. The van der Waals surface area contributed by atoms with Gasteiger partial charge in [0.2, 0.25) is 0 Å². The lowest BCUT2D eigenvalue weighted by Crippen LogP contribution is -2.50. The van der Waals surface area contributed by atoms with Gasteiger partial charge in [0.25, 0.3) is 0 Å². The molecule has 3 rings (SSSR count). The van der Waals surface area contributed by atoms with Gasteiger partial charge < -0.3 is 14.5 Å². The molecule has 0 aliphatic carbocycles. The SMILES string of the molecule is CC(C)(C)OC(=O)N1CCN(c2cc(/C=C/c3ccc(F)cc3)c(C(F)(F)F)nn2)CC1. The molecule has 0 unspecified atom stereocenters. The lowest BCUT2D eigenvalue weighted by atomic mass is 10.1. The van der Waals surface area contributed by atoms with E-state index in [0.29, 0.717) is 31.7 Å². The third kappa shape index (κ3) is 6.18. The summed E-state index contributed by atoms with van der Waals surface area (Å²) in [5, 5.41) is 7.18. The van der Waals surface area contributed by atoms with Crippen molar-refractivity contribution in [1.82, 2.24) is 15.1 Å². The number of aromatic nitrogens is 2. The average molecular weight is 452 g/mol. The van der Waals surface area contributed by atoms with Crippen molar-refractivity contribution >= 4 is 24.1 Å². The normalized spacial score (nSPS) is 15.3. The standard InChI is InChI=1S/C22H24F4N4O2/c1-21(2,3)32-20(31)30-12-10-29(11-13-30)18-14-16(19(28-27-18)22(24,25)26)7-4-15-5-8-17(23)9-6-15/h4-9,14H,10-13H2,1-3H3/b7-4+. The maximum absolute atomic E-state index is 13.4. The van der Waals surface area contributed by atoms with Crippen LogP contribution in [0, 0.1) is 5.82 Å². The van der Waals surface area contributed by atoms with Crippen molar-refractivity contribution in [2.24, 2.45) is 0 Å². The molecule has 0 spiro atoms. The zero-order valence-corrected chi connectivity index (χ0v) is 18.0. The van der Waals surface area contributed by atoms with Crippen molar-refractivity contribution in [3.05, 3.63) is 53.0 Å². The largest absolute Gasteiger partial charge is 0.444 e. The Bertz CT molecular complexity index is 977. The van der Waals surface area contributed by atoms with E-state index in [-0.39, 0.29) is 11.4 Å². The third-order valence-electron chi connectivity index (χ3n) is 4.66. The predicted molar refractivity (Wildman–Crippen MR) is 112 cm³/mol. The van der Waals surface area contributed by atoms with Crippen molar-refractivity contribution in [2.45, 2.75) is 32.5 Å². The van der Waals surface area contributed by atoms with Gasteiger partial charge in [-0.3, -0.25) is 0 Å². The molecule has 1 fully saturated rings. The number of benzene rings is 1. The topological polar surface area (TPSA) is 58.6 Å². The molecule has 2 aromatic rings. The van der Waals surface area contributed by atoms with Crippen molar-refractivity contribution < 1.29 is 27.1 Å². The van der Waals surface area contributed by atoms with E-state index in [1.165, 1.54) is 42.5 Å². The number of rotatable bonds is 3. The Labute approximate surface area is 183 Å². The van der Waals surface area contributed by atoms with Crippen LogP contribution in [-0.2, 0) is 10.9 Å². The molecule has 1 aliphatic heterocycles. The molecule has 1 aromatic heterocycles. The quantitative estimate of drug-likeness (QED) is 0.623. The van der Waals surface area contributed by atoms with Gasteiger partial charge in [0.1, 0.15) is 11.4 Å². The minimum atomic E-state index is -4.68. The van der Waals surface area contributed by atoms with E-state index < -0.39 is 29.4 Å². The fraction of sp³-hybridized carbons (Fsp3) is 0.409. The number of alkyl halides is 3. The number of anilines is 1. The molecule has 172 valence electrons. The highest BCUT2D eigenvalue weighted by molar-refractivity contribution is 5.72. The zero-order chi connectivity index (χ0) is 23.5. The molecule has 32 heavy (non-hydrogen) atoms. The molecular formula is C22H24F4N4O2. The smallest absolute Gasteiger partial charge is 0.435 e. The van der Waals surface area contributed by atoms with Crippen LogP contribution in [0.25, 0.3) is 12.2 Å². The molecule has 2 heterocycles. The Balaban J connectivity index is 1.77. The minimum Gasteiger partial charge on any atom is -0.444 e. The van der Waals surface area contributed by atoms with Gasteiger partial charge in [-0.25, -0.2) is 9.18 Å². The third-order valence-corrected chi connectivity index (χ3v) is 4.66. The van der Waals surface area contributed by atoms with E-state index >= 15 is 0 Å². The first-order valence-corrected chi connectivity index (χ1v) is 10.0. The number of nitrogens with zero attached hydrogens (tertiary/aromatic N) is 4. The van der Waals surface area contributed by atoms with Gasteiger partial charge in [-0.15, -0.1) is 10.2 Å². The second kappa shape index (κ2) is 9.13. The zero-order valence-electron chi connectivity index (χ0n) is 18.0. The Morgan fingerprint density at radius 2 is 1.62 bits per heavy atom. The maximum Gasteiger partial charge on any atom is 0.435 e. The summed E-state index contributed by atoms with van der Waals surface area (Å²) in [5.74, 6) is -0.155. The first-order chi connectivity index (χ1) is 14.9. The van der Waals surface area contributed by atoms with Gasteiger partial charge >= 0.3 is 12.3 Å². The van der Waals surface area contributed by atoms with Gasteiger partial charge in [0, 0.05) is 31.7 Å². The molecule has 6 nitrogen and oxygen atoms in total. The second-order valence-electron chi connectivity index (χ2n) is 8.34. The number of hydrogen-bond donors (Lipinski definition) is 0. The molecule has 0 saturated carbocycles. The number of halogens is 4. The van der Waals surface area contributed by atoms with Crippen LogP contribution in [0.2, 0.25) is 0 Å². The van der Waals surface area contributed by atoms with E-state index in [9.17, 15) is 22.4 Å². The monoisotopic (exact) mass is 452 g/mol. The number of carbonyl (C=O) groups is 1. The summed E-state index contributed by atoms with van der Waals surface area (Å²) in [5.41, 5.74) is -1.32. The highest BCUT2D eigenvalue weighted by Crippen LogP contribution is 2.32. The van der Waals surface area contributed by atoms with Gasteiger partial charge in [0.05, 0.1) is 0 Å². The number of piperazine rings is 1. The molecule has 1 saturated heterocycles. The maximum atomic E-state index is 13.4. The van der Waals surface area contributed by atoms with E-state index in [2.05, 4.69) is 10.2 Å². The van der Waals surface area contributed by atoms with Gasteiger partial charge in [-0.1, -0.05) is 24.3 Å². The number of hydrogen-bond acceptors (Lipinski definition) is 5. The second-order valence-corrected chi connectivity index (χ2v) is 8.34. The molecule has 1 aliphatic rings.